The van der Waals surface area contributed by atoms with Crippen LogP contribution in [0.2, 0.25) is 5.02 Å². The van der Waals surface area contributed by atoms with Gasteiger partial charge in [0, 0.05) is 5.02 Å². The van der Waals surface area contributed by atoms with Crippen molar-refractivity contribution in [3.63, 3.8) is 0 Å². The molecule has 1 atom stereocenters. The van der Waals surface area contributed by atoms with E-state index in [0.717, 1.165) is 31.2 Å². The van der Waals surface area contributed by atoms with Crippen LogP contribution in [0.1, 0.15) is 37.2 Å². The lowest BCUT2D eigenvalue weighted by atomic mass is 9.85. The first-order valence-electron chi connectivity index (χ1n) is 5.67. The van der Waals surface area contributed by atoms with E-state index in [4.69, 9.17) is 11.6 Å². The van der Waals surface area contributed by atoms with Crippen molar-refractivity contribution in [3.05, 3.63) is 34.9 Å². The van der Waals surface area contributed by atoms with E-state index in [0.29, 0.717) is 10.9 Å². The van der Waals surface area contributed by atoms with Gasteiger partial charge in [-0.15, -0.1) is 0 Å². The largest absolute Gasteiger partial charge is 0.481 e. The van der Waals surface area contributed by atoms with Crippen molar-refractivity contribution in [3.8, 4) is 0 Å². The molecular weight excluding hydrogens is 224 g/mol. The number of aliphatic carboxylic acids is 1. The lowest BCUT2D eigenvalue weighted by Gasteiger charge is -2.19. The summed E-state index contributed by atoms with van der Waals surface area (Å²) < 4.78 is 0. The van der Waals surface area contributed by atoms with Gasteiger partial charge in [0.05, 0.1) is 5.92 Å². The molecular formula is C13H15ClO2. The minimum Gasteiger partial charge on any atom is -0.481 e. The molecule has 1 aliphatic carbocycles. The number of carbonyl (C=O) groups is 1. The number of carboxylic acid groups (broad SMARTS) is 1. The maximum atomic E-state index is 11.3. The van der Waals surface area contributed by atoms with Gasteiger partial charge in [0.2, 0.25) is 0 Å². The summed E-state index contributed by atoms with van der Waals surface area (Å²) in [6.07, 6.45) is 4.36. The topological polar surface area (TPSA) is 37.3 Å². The average Bonchev–Trinajstić information content (AvgIpc) is 2.74. The van der Waals surface area contributed by atoms with Gasteiger partial charge in [-0.2, -0.15) is 0 Å². The molecule has 1 aromatic carbocycles. The molecule has 0 aliphatic heterocycles. The van der Waals surface area contributed by atoms with E-state index in [1.54, 1.807) is 12.1 Å². The standard InChI is InChI=1S/C13H15ClO2/c14-11-7-5-10(6-8-11)12(13(15)16)9-3-1-2-4-9/h5-9,12H,1-4H2,(H,15,16)/t12-/m1/s1. The highest BCUT2D eigenvalue weighted by Gasteiger charge is 2.31. The fourth-order valence-corrected chi connectivity index (χ4v) is 2.70. The van der Waals surface area contributed by atoms with Crippen LogP contribution in [0.15, 0.2) is 24.3 Å². The monoisotopic (exact) mass is 238 g/mol. The van der Waals surface area contributed by atoms with Crippen molar-refractivity contribution in [2.75, 3.05) is 0 Å². The lowest BCUT2D eigenvalue weighted by Crippen LogP contribution is -2.19. The van der Waals surface area contributed by atoms with Gasteiger partial charge >= 0.3 is 5.97 Å². The predicted molar refractivity (Wildman–Crippen MR) is 63.8 cm³/mol. The average molecular weight is 239 g/mol. The van der Waals surface area contributed by atoms with E-state index in [-0.39, 0.29) is 5.92 Å². The van der Waals surface area contributed by atoms with Crippen LogP contribution in [0.5, 0.6) is 0 Å². The molecule has 86 valence electrons. The van der Waals surface area contributed by atoms with E-state index in [2.05, 4.69) is 0 Å². The van der Waals surface area contributed by atoms with Crippen LogP contribution >= 0.6 is 11.6 Å². The van der Waals surface area contributed by atoms with Crippen LogP contribution in [0.3, 0.4) is 0 Å². The third-order valence-corrected chi connectivity index (χ3v) is 3.62. The number of hydrogen-bond donors (Lipinski definition) is 1. The fraction of sp³-hybridized carbons (Fsp3) is 0.462. The van der Waals surface area contributed by atoms with Crippen molar-refractivity contribution < 1.29 is 9.90 Å². The van der Waals surface area contributed by atoms with Crippen molar-refractivity contribution in [2.45, 2.75) is 31.6 Å². The summed E-state index contributed by atoms with van der Waals surface area (Å²) >= 11 is 5.81. The molecule has 1 N–H and O–H groups in total. The van der Waals surface area contributed by atoms with Crippen LogP contribution < -0.4 is 0 Å². The highest BCUT2D eigenvalue weighted by molar-refractivity contribution is 6.30. The summed E-state index contributed by atoms with van der Waals surface area (Å²) in [6.45, 7) is 0. The van der Waals surface area contributed by atoms with Gasteiger partial charge in [0.15, 0.2) is 0 Å². The molecule has 1 aliphatic rings. The summed E-state index contributed by atoms with van der Waals surface area (Å²) in [5.41, 5.74) is 0.879. The SMILES string of the molecule is O=C(O)[C@@H](c1ccc(Cl)cc1)C1CCCC1. The summed E-state index contributed by atoms with van der Waals surface area (Å²) in [6, 6.07) is 7.20. The van der Waals surface area contributed by atoms with Crippen LogP contribution in [0.4, 0.5) is 0 Å². The Balaban J connectivity index is 2.24. The van der Waals surface area contributed by atoms with E-state index in [1.807, 2.05) is 12.1 Å². The molecule has 0 aromatic heterocycles. The quantitative estimate of drug-likeness (QED) is 0.872. The molecule has 0 radical (unpaired) electrons. The summed E-state index contributed by atoms with van der Waals surface area (Å²) in [4.78, 5) is 11.3. The van der Waals surface area contributed by atoms with Gasteiger partial charge in [0.1, 0.15) is 0 Å². The highest BCUT2D eigenvalue weighted by atomic mass is 35.5. The van der Waals surface area contributed by atoms with Crippen LogP contribution in [-0.2, 0) is 4.79 Å². The number of halogens is 1. The molecule has 1 fully saturated rings. The molecule has 0 heterocycles. The van der Waals surface area contributed by atoms with Crippen LogP contribution in [-0.4, -0.2) is 11.1 Å². The molecule has 0 saturated heterocycles. The van der Waals surface area contributed by atoms with E-state index in [9.17, 15) is 9.90 Å². The zero-order valence-electron chi connectivity index (χ0n) is 9.03. The molecule has 2 nitrogen and oxygen atoms in total. The molecule has 16 heavy (non-hydrogen) atoms. The summed E-state index contributed by atoms with van der Waals surface area (Å²) in [5.74, 6) is -0.785. The molecule has 1 aromatic rings. The summed E-state index contributed by atoms with van der Waals surface area (Å²) in [7, 11) is 0. The maximum Gasteiger partial charge on any atom is 0.311 e. The molecule has 0 unspecified atom stereocenters. The molecule has 2 rings (SSSR count). The Labute approximate surface area is 100 Å². The lowest BCUT2D eigenvalue weighted by molar-refractivity contribution is -0.140. The van der Waals surface area contributed by atoms with Crippen molar-refractivity contribution >= 4 is 17.6 Å². The molecule has 0 amide bonds. The smallest absolute Gasteiger partial charge is 0.311 e. The van der Waals surface area contributed by atoms with Gasteiger partial charge in [0.25, 0.3) is 0 Å². The van der Waals surface area contributed by atoms with Gasteiger partial charge in [-0.3, -0.25) is 4.79 Å². The zero-order chi connectivity index (χ0) is 11.5. The first-order valence-corrected chi connectivity index (χ1v) is 6.04. The van der Waals surface area contributed by atoms with E-state index >= 15 is 0 Å². The number of carboxylic acids is 1. The molecule has 0 spiro atoms. The second kappa shape index (κ2) is 4.88. The number of benzene rings is 1. The zero-order valence-corrected chi connectivity index (χ0v) is 9.78. The highest BCUT2D eigenvalue weighted by Crippen LogP contribution is 2.37. The van der Waals surface area contributed by atoms with Crippen LogP contribution in [0.25, 0.3) is 0 Å². The Bertz CT molecular complexity index is 366. The van der Waals surface area contributed by atoms with Crippen molar-refractivity contribution in [1.82, 2.24) is 0 Å². The van der Waals surface area contributed by atoms with Gasteiger partial charge < -0.3 is 5.11 Å². The number of hydrogen-bond acceptors (Lipinski definition) is 1. The Morgan fingerprint density at radius 2 is 1.81 bits per heavy atom. The minimum absolute atomic E-state index is 0.290. The Kier molecular flexibility index (Phi) is 3.49. The molecule has 0 bridgehead atoms. The van der Waals surface area contributed by atoms with Gasteiger partial charge in [-0.05, 0) is 36.5 Å². The van der Waals surface area contributed by atoms with Crippen LogP contribution in [0, 0.1) is 5.92 Å². The Hall–Kier alpha value is -1.02. The third-order valence-electron chi connectivity index (χ3n) is 3.37. The molecule has 1 saturated carbocycles. The summed E-state index contributed by atoms with van der Waals surface area (Å²) in [5, 5.41) is 9.98. The fourth-order valence-electron chi connectivity index (χ4n) is 2.58. The first-order chi connectivity index (χ1) is 7.68. The second-order valence-electron chi connectivity index (χ2n) is 4.41. The first kappa shape index (κ1) is 11.5. The van der Waals surface area contributed by atoms with Crippen molar-refractivity contribution in [2.24, 2.45) is 5.92 Å². The van der Waals surface area contributed by atoms with Gasteiger partial charge in [-0.25, -0.2) is 0 Å². The second-order valence-corrected chi connectivity index (χ2v) is 4.85. The Morgan fingerprint density at radius 1 is 1.25 bits per heavy atom. The Morgan fingerprint density at radius 3 is 2.31 bits per heavy atom. The minimum atomic E-state index is -0.714. The van der Waals surface area contributed by atoms with Crippen molar-refractivity contribution in [1.29, 1.82) is 0 Å². The predicted octanol–water partition coefficient (Wildman–Crippen LogP) is 3.70. The maximum absolute atomic E-state index is 11.3. The normalized spacial score (nSPS) is 18.6. The van der Waals surface area contributed by atoms with E-state index < -0.39 is 5.97 Å². The van der Waals surface area contributed by atoms with E-state index in [1.165, 1.54) is 0 Å². The molecule has 3 heteroatoms. The third kappa shape index (κ3) is 2.38. The van der Waals surface area contributed by atoms with Gasteiger partial charge in [-0.1, -0.05) is 36.6 Å². The number of rotatable bonds is 3.